The van der Waals surface area contributed by atoms with Gasteiger partial charge in [-0.05, 0) is 25.1 Å². The second-order valence-electron chi connectivity index (χ2n) is 8.89. The Morgan fingerprint density at radius 2 is 1.97 bits per heavy atom. The van der Waals surface area contributed by atoms with E-state index < -0.39 is 0 Å². The van der Waals surface area contributed by atoms with Gasteiger partial charge >= 0.3 is 0 Å². The topological polar surface area (TPSA) is 140 Å². The maximum absolute atomic E-state index is 14.1. The molecule has 11 heteroatoms. The molecule has 5 aromatic rings. The normalized spacial score (nSPS) is 17.3. The minimum atomic E-state index is -0.329. The first kappa shape index (κ1) is 21.7. The molecule has 11 nitrogen and oxygen atoms in total. The number of benzene rings is 1. The zero-order valence-electron chi connectivity index (χ0n) is 19.7. The van der Waals surface area contributed by atoms with Crippen LogP contribution >= 0.6 is 0 Å². The van der Waals surface area contributed by atoms with Crippen LogP contribution in [0.1, 0.15) is 36.1 Å². The third-order valence-electron chi connectivity index (χ3n) is 6.54. The van der Waals surface area contributed by atoms with E-state index in [9.17, 15) is 9.59 Å². The lowest BCUT2D eigenvalue weighted by atomic mass is 9.88. The number of H-pyrrole nitrogens is 1. The number of carbonyl (C=O) groups excluding carboxylic acids is 1. The van der Waals surface area contributed by atoms with Crippen molar-refractivity contribution in [3.63, 3.8) is 0 Å². The number of ketones is 1. The second-order valence-corrected chi connectivity index (χ2v) is 8.89. The molecule has 5 heterocycles. The van der Waals surface area contributed by atoms with Crippen molar-refractivity contribution in [2.24, 2.45) is 5.92 Å². The van der Waals surface area contributed by atoms with Crippen LogP contribution in [0.2, 0.25) is 0 Å². The average Bonchev–Trinajstić information content (AvgIpc) is 3.53. The molecule has 0 radical (unpaired) electrons. The van der Waals surface area contributed by atoms with Gasteiger partial charge in [-0.15, -0.1) is 0 Å². The van der Waals surface area contributed by atoms with Crippen molar-refractivity contribution in [2.45, 2.75) is 19.9 Å². The standard InChI is InChI=1S/C25H23N9O2/c1-14-13-32(22-18(15(2)35)12-29-25(26)30-22)19(14)23-31-33-11-8-17(21-27-9-10-28-21)20(33)24(36)34(23)16-6-4-3-5-7-16/h3-12,14,19H,13H2,1-2H3,(H,27,28)(H2,26,29,30)/t14-,19?/m0/s1. The molecule has 0 amide bonds. The van der Waals surface area contributed by atoms with Gasteiger partial charge in [0, 0.05) is 37.3 Å². The van der Waals surface area contributed by atoms with Gasteiger partial charge in [-0.3, -0.25) is 14.2 Å². The number of rotatable bonds is 5. The quantitative estimate of drug-likeness (QED) is 0.365. The number of hydrogen-bond donors (Lipinski definition) is 2. The minimum Gasteiger partial charge on any atom is -0.368 e. The number of carbonyl (C=O) groups is 1. The van der Waals surface area contributed by atoms with Crippen molar-refractivity contribution in [1.82, 2.24) is 34.1 Å². The van der Waals surface area contributed by atoms with Crippen molar-refractivity contribution in [3.8, 4) is 17.1 Å². The molecule has 1 aliphatic rings. The van der Waals surface area contributed by atoms with Crippen molar-refractivity contribution in [2.75, 3.05) is 17.2 Å². The fraction of sp³-hybridized carbons (Fsp3) is 0.200. The molecule has 0 bridgehead atoms. The molecule has 1 fully saturated rings. The summed E-state index contributed by atoms with van der Waals surface area (Å²) in [4.78, 5) is 44.2. The highest BCUT2D eigenvalue weighted by Crippen LogP contribution is 2.42. The monoisotopic (exact) mass is 481 g/mol. The molecule has 180 valence electrons. The minimum absolute atomic E-state index is 0.0747. The Bertz CT molecular complexity index is 1650. The molecule has 4 aromatic heterocycles. The molecular weight excluding hydrogens is 458 g/mol. The van der Waals surface area contributed by atoms with Gasteiger partial charge in [-0.1, -0.05) is 25.1 Å². The second kappa shape index (κ2) is 8.15. The first-order valence-electron chi connectivity index (χ1n) is 11.5. The van der Waals surface area contributed by atoms with Gasteiger partial charge in [0.2, 0.25) is 5.95 Å². The first-order chi connectivity index (χ1) is 17.4. The van der Waals surface area contributed by atoms with E-state index in [0.717, 1.165) is 0 Å². The van der Waals surface area contributed by atoms with Crippen LogP contribution in [0.5, 0.6) is 0 Å². The van der Waals surface area contributed by atoms with E-state index in [1.165, 1.54) is 13.1 Å². The summed E-state index contributed by atoms with van der Waals surface area (Å²) < 4.78 is 3.23. The van der Waals surface area contributed by atoms with Crippen LogP contribution in [-0.4, -0.2) is 46.4 Å². The molecule has 0 saturated carbocycles. The van der Waals surface area contributed by atoms with Crippen LogP contribution in [0, 0.1) is 5.92 Å². The van der Waals surface area contributed by atoms with Gasteiger partial charge in [-0.25, -0.2) is 14.5 Å². The maximum atomic E-state index is 14.1. The molecule has 36 heavy (non-hydrogen) atoms. The number of nitrogens with one attached hydrogen (secondary N) is 1. The number of Topliss-reactive ketones (excluding diaryl/α,β-unsaturated/α-hetero) is 1. The molecule has 1 unspecified atom stereocenters. The lowest BCUT2D eigenvalue weighted by Gasteiger charge is -2.47. The van der Waals surface area contributed by atoms with E-state index >= 15 is 0 Å². The Labute approximate surface area is 205 Å². The van der Waals surface area contributed by atoms with Crippen molar-refractivity contribution in [1.29, 1.82) is 0 Å². The summed E-state index contributed by atoms with van der Waals surface area (Å²) in [6.45, 7) is 4.17. The van der Waals surface area contributed by atoms with Crippen LogP contribution < -0.4 is 16.2 Å². The fourth-order valence-electron chi connectivity index (χ4n) is 4.86. The van der Waals surface area contributed by atoms with Gasteiger partial charge in [0.15, 0.2) is 11.6 Å². The van der Waals surface area contributed by atoms with E-state index in [2.05, 4.69) is 26.9 Å². The average molecular weight is 482 g/mol. The predicted octanol–water partition coefficient (Wildman–Crippen LogP) is 2.65. The lowest BCUT2D eigenvalue weighted by Crippen LogP contribution is -2.52. The number of para-hydroxylation sites is 1. The summed E-state index contributed by atoms with van der Waals surface area (Å²) >= 11 is 0. The number of fused-ring (bicyclic) bond motifs is 1. The summed E-state index contributed by atoms with van der Waals surface area (Å²) in [5.74, 6) is 1.60. The molecule has 1 aliphatic heterocycles. The van der Waals surface area contributed by atoms with Crippen molar-refractivity contribution in [3.05, 3.63) is 82.9 Å². The summed E-state index contributed by atoms with van der Waals surface area (Å²) in [6, 6.07) is 10.9. The number of anilines is 2. The Hall–Kier alpha value is -4.80. The SMILES string of the molecule is CC(=O)c1cnc(N)nc1N1C[C@H](C)C1c1nn2ccc(-c3ncc[nH]3)c2c(=O)n1-c1ccccc1. The van der Waals surface area contributed by atoms with Gasteiger partial charge < -0.3 is 15.6 Å². The highest BCUT2D eigenvalue weighted by molar-refractivity contribution is 5.98. The zero-order valence-corrected chi connectivity index (χ0v) is 19.7. The number of nitrogens with two attached hydrogens (primary N) is 1. The number of hydrogen-bond acceptors (Lipinski definition) is 8. The molecule has 3 N–H and O–H groups in total. The lowest BCUT2D eigenvalue weighted by molar-refractivity contribution is 0.101. The predicted molar refractivity (Wildman–Crippen MR) is 134 cm³/mol. The van der Waals surface area contributed by atoms with E-state index in [1.54, 1.807) is 27.7 Å². The Morgan fingerprint density at radius 3 is 2.67 bits per heavy atom. The van der Waals surface area contributed by atoms with Crippen LogP contribution in [0.3, 0.4) is 0 Å². The van der Waals surface area contributed by atoms with Gasteiger partial charge in [0.25, 0.3) is 5.56 Å². The Kier molecular flexibility index (Phi) is 4.92. The van der Waals surface area contributed by atoms with E-state index in [4.69, 9.17) is 10.8 Å². The highest BCUT2D eigenvalue weighted by Gasteiger charge is 2.43. The van der Waals surface area contributed by atoms with Crippen LogP contribution in [0.15, 0.2) is 66.0 Å². The first-order valence-corrected chi connectivity index (χ1v) is 11.5. The summed E-state index contributed by atoms with van der Waals surface area (Å²) in [5, 5.41) is 4.92. The third kappa shape index (κ3) is 3.28. The smallest absolute Gasteiger partial charge is 0.283 e. The summed E-state index contributed by atoms with van der Waals surface area (Å²) in [5.41, 5.74) is 7.79. The van der Waals surface area contributed by atoms with Gasteiger partial charge in [-0.2, -0.15) is 10.1 Å². The molecule has 1 saturated heterocycles. The maximum Gasteiger partial charge on any atom is 0.283 e. The van der Waals surface area contributed by atoms with Crippen LogP contribution in [0.4, 0.5) is 11.8 Å². The van der Waals surface area contributed by atoms with E-state index in [0.29, 0.717) is 46.3 Å². The Balaban J connectivity index is 1.60. The molecule has 0 spiro atoms. The van der Waals surface area contributed by atoms with Crippen molar-refractivity contribution < 1.29 is 4.79 Å². The number of aromatic nitrogens is 7. The van der Waals surface area contributed by atoms with Crippen LogP contribution in [0.25, 0.3) is 22.6 Å². The number of aromatic amines is 1. The van der Waals surface area contributed by atoms with Crippen LogP contribution in [-0.2, 0) is 0 Å². The molecule has 6 rings (SSSR count). The van der Waals surface area contributed by atoms with E-state index in [-0.39, 0.29) is 29.3 Å². The number of nitrogen functional groups attached to an aromatic ring is 1. The van der Waals surface area contributed by atoms with Gasteiger partial charge in [0.1, 0.15) is 17.2 Å². The highest BCUT2D eigenvalue weighted by atomic mass is 16.1. The largest absolute Gasteiger partial charge is 0.368 e. The molecular formula is C25H23N9O2. The molecule has 1 aromatic carbocycles. The molecule has 2 atom stereocenters. The van der Waals surface area contributed by atoms with Gasteiger partial charge in [0.05, 0.1) is 22.9 Å². The molecule has 0 aliphatic carbocycles. The summed E-state index contributed by atoms with van der Waals surface area (Å²) in [7, 11) is 0. The number of nitrogens with zero attached hydrogens (tertiary/aromatic N) is 7. The zero-order chi connectivity index (χ0) is 25.0. The Morgan fingerprint density at radius 1 is 1.17 bits per heavy atom. The fourth-order valence-corrected chi connectivity index (χ4v) is 4.86. The summed E-state index contributed by atoms with van der Waals surface area (Å²) in [6.07, 6.45) is 6.56. The van der Waals surface area contributed by atoms with Crippen molar-refractivity contribution >= 4 is 23.1 Å². The third-order valence-corrected chi connectivity index (χ3v) is 6.54. The number of imidazole rings is 1. The van der Waals surface area contributed by atoms with E-state index in [1.807, 2.05) is 41.3 Å².